The van der Waals surface area contributed by atoms with Gasteiger partial charge in [-0.2, -0.15) is 0 Å². The second-order valence-corrected chi connectivity index (χ2v) is 5.83. The lowest BCUT2D eigenvalue weighted by Crippen LogP contribution is -2.31. The Morgan fingerprint density at radius 2 is 2.29 bits per heavy atom. The van der Waals surface area contributed by atoms with Crippen LogP contribution in [0.1, 0.15) is 12.8 Å². The van der Waals surface area contributed by atoms with Crippen molar-refractivity contribution >= 4 is 15.7 Å². The third-order valence-electron chi connectivity index (χ3n) is 2.69. The molecule has 5 nitrogen and oxygen atoms in total. The first kappa shape index (κ1) is 12.3. The van der Waals surface area contributed by atoms with Crippen molar-refractivity contribution in [3.05, 3.63) is 24.3 Å². The van der Waals surface area contributed by atoms with Crippen LogP contribution in [0.3, 0.4) is 0 Å². The molecule has 1 aliphatic rings. The normalized spacial score (nSPS) is 20.6. The summed E-state index contributed by atoms with van der Waals surface area (Å²) in [6.45, 7) is 1.03. The third-order valence-corrected chi connectivity index (χ3v) is 4.11. The smallest absolute Gasteiger partial charge is 0.240 e. The molecule has 1 fully saturated rings. The van der Waals surface area contributed by atoms with Crippen LogP contribution in [-0.4, -0.2) is 27.7 Å². The summed E-state index contributed by atoms with van der Waals surface area (Å²) in [5, 5.41) is 0. The van der Waals surface area contributed by atoms with Gasteiger partial charge >= 0.3 is 0 Å². The molecular formula is C11H16N2O3S. The van der Waals surface area contributed by atoms with Gasteiger partial charge in [0.05, 0.1) is 11.0 Å². The van der Waals surface area contributed by atoms with Crippen LogP contribution in [0, 0.1) is 0 Å². The maximum atomic E-state index is 11.9. The summed E-state index contributed by atoms with van der Waals surface area (Å²) >= 11 is 0. The molecule has 17 heavy (non-hydrogen) atoms. The van der Waals surface area contributed by atoms with E-state index in [0.29, 0.717) is 18.8 Å². The van der Waals surface area contributed by atoms with Crippen LogP contribution in [-0.2, 0) is 14.8 Å². The highest BCUT2D eigenvalue weighted by Gasteiger charge is 2.20. The molecule has 0 radical (unpaired) electrons. The summed E-state index contributed by atoms with van der Waals surface area (Å²) in [4.78, 5) is 0.190. The van der Waals surface area contributed by atoms with Crippen LogP contribution in [0.5, 0.6) is 0 Å². The Kier molecular flexibility index (Phi) is 3.66. The number of nitrogens with two attached hydrogens (primary N) is 1. The Balaban J connectivity index is 2.03. The molecule has 1 saturated heterocycles. The maximum absolute atomic E-state index is 11.9. The highest BCUT2D eigenvalue weighted by Crippen LogP contribution is 2.14. The Hall–Kier alpha value is -1.11. The Morgan fingerprint density at radius 1 is 1.47 bits per heavy atom. The van der Waals surface area contributed by atoms with Crippen LogP contribution in [0.25, 0.3) is 0 Å². The van der Waals surface area contributed by atoms with Crippen molar-refractivity contribution in [2.24, 2.45) is 0 Å². The second-order valence-electron chi connectivity index (χ2n) is 4.06. The fourth-order valence-corrected chi connectivity index (χ4v) is 2.89. The van der Waals surface area contributed by atoms with Crippen molar-refractivity contribution in [3.63, 3.8) is 0 Å². The molecule has 0 aromatic heterocycles. The number of sulfonamides is 1. The SMILES string of the molecule is Nc1cccc(S(=O)(=O)NC[C@@H]2CCCO2)c1. The minimum absolute atomic E-state index is 0.00849. The molecule has 6 heteroatoms. The number of nitrogens with one attached hydrogen (secondary N) is 1. The minimum atomic E-state index is -3.48. The standard InChI is InChI=1S/C11H16N2O3S/c12-9-3-1-5-11(7-9)17(14,15)13-8-10-4-2-6-16-10/h1,3,5,7,10,13H,2,4,6,8,12H2/t10-/m0/s1. The molecule has 0 amide bonds. The average Bonchev–Trinajstić information content (AvgIpc) is 2.79. The zero-order valence-corrected chi connectivity index (χ0v) is 10.2. The van der Waals surface area contributed by atoms with Crippen molar-refractivity contribution < 1.29 is 13.2 Å². The number of ether oxygens (including phenoxy) is 1. The summed E-state index contributed by atoms with van der Waals surface area (Å²) in [5.41, 5.74) is 5.99. The van der Waals surface area contributed by atoms with Crippen LogP contribution in [0.4, 0.5) is 5.69 Å². The molecule has 1 aliphatic heterocycles. The van der Waals surface area contributed by atoms with E-state index in [-0.39, 0.29) is 11.0 Å². The first-order chi connectivity index (χ1) is 8.08. The van der Waals surface area contributed by atoms with Crippen molar-refractivity contribution in [1.82, 2.24) is 4.72 Å². The van der Waals surface area contributed by atoms with Gasteiger partial charge in [0.1, 0.15) is 0 Å². The first-order valence-electron chi connectivity index (χ1n) is 5.55. The fourth-order valence-electron chi connectivity index (χ4n) is 1.77. The van der Waals surface area contributed by atoms with E-state index < -0.39 is 10.0 Å². The van der Waals surface area contributed by atoms with E-state index in [2.05, 4.69) is 4.72 Å². The molecule has 1 aromatic rings. The van der Waals surface area contributed by atoms with Crippen LogP contribution >= 0.6 is 0 Å². The molecule has 0 unspecified atom stereocenters. The molecule has 0 saturated carbocycles. The summed E-state index contributed by atoms with van der Waals surface area (Å²) in [6, 6.07) is 6.24. The quantitative estimate of drug-likeness (QED) is 0.778. The van der Waals surface area contributed by atoms with Crippen molar-refractivity contribution in [2.75, 3.05) is 18.9 Å². The van der Waals surface area contributed by atoms with Gasteiger partial charge in [0.2, 0.25) is 10.0 Å². The Labute approximate surface area is 101 Å². The van der Waals surface area contributed by atoms with E-state index in [4.69, 9.17) is 10.5 Å². The van der Waals surface area contributed by atoms with Gasteiger partial charge in [-0.05, 0) is 31.0 Å². The molecule has 0 bridgehead atoms. The average molecular weight is 256 g/mol. The minimum Gasteiger partial charge on any atom is -0.399 e. The number of benzene rings is 1. The monoisotopic (exact) mass is 256 g/mol. The highest BCUT2D eigenvalue weighted by atomic mass is 32.2. The highest BCUT2D eigenvalue weighted by molar-refractivity contribution is 7.89. The molecule has 94 valence electrons. The van der Waals surface area contributed by atoms with E-state index in [9.17, 15) is 8.42 Å². The zero-order chi connectivity index (χ0) is 12.3. The van der Waals surface area contributed by atoms with Crippen molar-refractivity contribution in [2.45, 2.75) is 23.8 Å². The number of hydrogen-bond acceptors (Lipinski definition) is 4. The predicted octanol–water partition coefficient (Wildman–Crippen LogP) is 0.726. The number of rotatable bonds is 4. The summed E-state index contributed by atoms with van der Waals surface area (Å²) in [5.74, 6) is 0. The van der Waals surface area contributed by atoms with Crippen LogP contribution < -0.4 is 10.5 Å². The van der Waals surface area contributed by atoms with Crippen LogP contribution in [0.2, 0.25) is 0 Å². The Morgan fingerprint density at radius 3 is 2.94 bits per heavy atom. The van der Waals surface area contributed by atoms with Gasteiger partial charge in [0.25, 0.3) is 0 Å². The number of hydrogen-bond donors (Lipinski definition) is 2. The first-order valence-corrected chi connectivity index (χ1v) is 7.03. The van der Waals surface area contributed by atoms with E-state index in [0.717, 1.165) is 12.8 Å². The topological polar surface area (TPSA) is 81.4 Å². The fraction of sp³-hybridized carbons (Fsp3) is 0.455. The molecule has 0 spiro atoms. The lowest BCUT2D eigenvalue weighted by Gasteiger charge is -2.11. The number of anilines is 1. The van der Waals surface area contributed by atoms with Gasteiger partial charge in [-0.1, -0.05) is 6.07 Å². The van der Waals surface area contributed by atoms with Gasteiger partial charge in [-0.3, -0.25) is 0 Å². The number of nitrogen functional groups attached to an aromatic ring is 1. The summed E-state index contributed by atoms with van der Waals surface area (Å²) in [6.07, 6.45) is 1.88. The maximum Gasteiger partial charge on any atom is 0.240 e. The largest absolute Gasteiger partial charge is 0.399 e. The lowest BCUT2D eigenvalue weighted by molar-refractivity contribution is 0.114. The second kappa shape index (κ2) is 5.03. The molecule has 3 N–H and O–H groups in total. The van der Waals surface area contributed by atoms with Crippen molar-refractivity contribution in [3.8, 4) is 0 Å². The van der Waals surface area contributed by atoms with Gasteiger partial charge in [-0.15, -0.1) is 0 Å². The molecule has 1 aromatic carbocycles. The third kappa shape index (κ3) is 3.18. The van der Waals surface area contributed by atoms with Crippen molar-refractivity contribution in [1.29, 1.82) is 0 Å². The molecular weight excluding hydrogens is 240 g/mol. The molecule has 1 atom stereocenters. The van der Waals surface area contributed by atoms with Gasteiger partial charge < -0.3 is 10.5 Å². The summed E-state index contributed by atoms with van der Waals surface area (Å²) < 4.78 is 31.7. The predicted molar refractivity (Wildman–Crippen MR) is 65.0 cm³/mol. The van der Waals surface area contributed by atoms with Gasteiger partial charge in [0.15, 0.2) is 0 Å². The van der Waals surface area contributed by atoms with E-state index >= 15 is 0 Å². The van der Waals surface area contributed by atoms with Crippen LogP contribution in [0.15, 0.2) is 29.2 Å². The van der Waals surface area contributed by atoms with E-state index in [1.54, 1.807) is 12.1 Å². The Bertz CT molecular complexity index is 481. The van der Waals surface area contributed by atoms with E-state index in [1.165, 1.54) is 12.1 Å². The van der Waals surface area contributed by atoms with Gasteiger partial charge in [-0.25, -0.2) is 13.1 Å². The van der Waals surface area contributed by atoms with Gasteiger partial charge in [0, 0.05) is 18.8 Å². The zero-order valence-electron chi connectivity index (χ0n) is 9.43. The van der Waals surface area contributed by atoms with E-state index in [1.807, 2.05) is 0 Å². The molecule has 2 rings (SSSR count). The summed E-state index contributed by atoms with van der Waals surface area (Å²) in [7, 11) is -3.48. The molecule has 1 heterocycles. The molecule has 0 aliphatic carbocycles. The lowest BCUT2D eigenvalue weighted by atomic mass is 10.2.